The summed E-state index contributed by atoms with van der Waals surface area (Å²) in [5, 5.41) is 9.66. The van der Waals surface area contributed by atoms with Gasteiger partial charge in [-0.05, 0) is 31.2 Å². The molecular formula is C17H27NO3. The summed E-state index contributed by atoms with van der Waals surface area (Å²) in [4.78, 5) is 11.8. The molecule has 0 spiro atoms. The summed E-state index contributed by atoms with van der Waals surface area (Å²) in [6, 6.07) is 7.54. The lowest BCUT2D eigenvalue weighted by molar-refractivity contribution is -0.144. The van der Waals surface area contributed by atoms with Crippen molar-refractivity contribution in [2.45, 2.75) is 39.0 Å². The molecule has 0 aromatic heterocycles. The summed E-state index contributed by atoms with van der Waals surface area (Å²) >= 11 is 0. The van der Waals surface area contributed by atoms with Crippen molar-refractivity contribution in [1.82, 2.24) is 0 Å². The molecule has 4 nitrogen and oxygen atoms in total. The average Bonchev–Trinajstić information content (AvgIpc) is 2.43. The summed E-state index contributed by atoms with van der Waals surface area (Å²) < 4.78 is 5.58. The molecule has 1 rings (SSSR count). The van der Waals surface area contributed by atoms with Gasteiger partial charge in [-0.2, -0.15) is 0 Å². The van der Waals surface area contributed by atoms with Crippen LogP contribution in [0.25, 0.3) is 0 Å². The minimum atomic E-state index is -1.06. The Morgan fingerprint density at radius 2 is 1.90 bits per heavy atom. The van der Waals surface area contributed by atoms with Crippen LogP contribution in [0.15, 0.2) is 24.3 Å². The molecule has 1 unspecified atom stereocenters. The molecule has 1 aromatic rings. The SMILES string of the molecule is Cc1ccc(C(CN)(CCOCCC(C)C)C(=O)O)cc1. The van der Waals surface area contributed by atoms with Crippen LogP contribution in [0.1, 0.15) is 37.8 Å². The lowest BCUT2D eigenvalue weighted by Crippen LogP contribution is -2.44. The first kappa shape index (κ1) is 17.7. The van der Waals surface area contributed by atoms with E-state index in [2.05, 4.69) is 13.8 Å². The second kappa shape index (κ2) is 8.15. The zero-order valence-electron chi connectivity index (χ0n) is 13.3. The van der Waals surface area contributed by atoms with Crippen molar-refractivity contribution >= 4 is 5.97 Å². The van der Waals surface area contributed by atoms with Gasteiger partial charge in [-0.3, -0.25) is 4.79 Å². The van der Waals surface area contributed by atoms with Crippen molar-refractivity contribution in [3.8, 4) is 0 Å². The number of carboxylic acid groups (broad SMARTS) is 1. The highest BCUT2D eigenvalue weighted by Gasteiger charge is 2.38. The van der Waals surface area contributed by atoms with Crippen molar-refractivity contribution in [2.24, 2.45) is 11.7 Å². The van der Waals surface area contributed by atoms with Crippen LogP contribution in [0, 0.1) is 12.8 Å². The maximum atomic E-state index is 11.8. The maximum Gasteiger partial charge on any atom is 0.315 e. The highest BCUT2D eigenvalue weighted by atomic mass is 16.5. The van der Waals surface area contributed by atoms with Crippen molar-refractivity contribution in [3.63, 3.8) is 0 Å². The largest absolute Gasteiger partial charge is 0.481 e. The van der Waals surface area contributed by atoms with Crippen LogP contribution in [0.5, 0.6) is 0 Å². The van der Waals surface area contributed by atoms with Gasteiger partial charge >= 0.3 is 5.97 Å². The quantitative estimate of drug-likeness (QED) is 0.687. The Bertz CT molecular complexity index is 442. The highest BCUT2D eigenvalue weighted by Crippen LogP contribution is 2.28. The molecule has 3 N–H and O–H groups in total. The van der Waals surface area contributed by atoms with E-state index >= 15 is 0 Å². The number of benzene rings is 1. The fourth-order valence-electron chi connectivity index (χ4n) is 2.22. The number of aliphatic carboxylic acids is 1. The zero-order chi connectivity index (χ0) is 15.9. The highest BCUT2D eigenvalue weighted by molar-refractivity contribution is 5.81. The molecule has 0 amide bonds. The molecular weight excluding hydrogens is 266 g/mol. The molecule has 1 aromatic carbocycles. The fraction of sp³-hybridized carbons (Fsp3) is 0.588. The molecule has 0 aliphatic carbocycles. The first-order valence-electron chi connectivity index (χ1n) is 7.50. The summed E-state index contributed by atoms with van der Waals surface area (Å²) in [5.74, 6) is -0.304. The van der Waals surface area contributed by atoms with Crippen LogP contribution in [-0.4, -0.2) is 30.8 Å². The third-order valence-electron chi connectivity index (χ3n) is 3.87. The van der Waals surface area contributed by atoms with Crippen molar-refractivity contribution in [2.75, 3.05) is 19.8 Å². The van der Waals surface area contributed by atoms with Gasteiger partial charge in [0.1, 0.15) is 5.41 Å². The van der Waals surface area contributed by atoms with Crippen LogP contribution in [0.2, 0.25) is 0 Å². The molecule has 0 heterocycles. The lowest BCUT2D eigenvalue weighted by Gasteiger charge is -2.28. The van der Waals surface area contributed by atoms with E-state index in [-0.39, 0.29) is 6.54 Å². The first-order valence-corrected chi connectivity index (χ1v) is 7.50. The number of nitrogens with two attached hydrogens (primary N) is 1. The standard InChI is InChI=1S/C17H27NO3/c1-13(2)8-10-21-11-9-17(12-18,16(19)20)15-6-4-14(3)5-7-15/h4-7,13H,8-12,18H2,1-3H3,(H,19,20). The van der Waals surface area contributed by atoms with E-state index in [4.69, 9.17) is 10.5 Å². The predicted octanol–water partition coefficient (Wildman–Crippen LogP) is 2.73. The van der Waals surface area contributed by atoms with Crippen LogP contribution < -0.4 is 5.73 Å². The van der Waals surface area contributed by atoms with E-state index in [9.17, 15) is 9.90 Å². The number of carbonyl (C=O) groups is 1. The third-order valence-corrected chi connectivity index (χ3v) is 3.87. The summed E-state index contributed by atoms with van der Waals surface area (Å²) in [5.41, 5.74) is 6.59. The second-order valence-electron chi connectivity index (χ2n) is 6.00. The van der Waals surface area contributed by atoms with Gasteiger partial charge in [0.05, 0.1) is 0 Å². The van der Waals surface area contributed by atoms with Gasteiger partial charge in [0.25, 0.3) is 0 Å². The number of ether oxygens (including phenoxy) is 1. The van der Waals surface area contributed by atoms with Gasteiger partial charge in [-0.1, -0.05) is 43.7 Å². The van der Waals surface area contributed by atoms with E-state index in [0.29, 0.717) is 25.6 Å². The summed E-state index contributed by atoms with van der Waals surface area (Å²) in [6.07, 6.45) is 1.37. The first-order chi connectivity index (χ1) is 9.92. The Morgan fingerprint density at radius 3 is 2.38 bits per heavy atom. The minimum Gasteiger partial charge on any atom is -0.481 e. The molecule has 0 aliphatic heterocycles. The smallest absolute Gasteiger partial charge is 0.315 e. The molecule has 21 heavy (non-hydrogen) atoms. The molecule has 1 atom stereocenters. The van der Waals surface area contributed by atoms with E-state index in [1.54, 1.807) is 0 Å². The lowest BCUT2D eigenvalue weighted by atomic mass is 9.77. The van der Waals surface area contributed by atoms with Gasteiger partial charge < -0.3 is 15.6 Å². The monoisotopic (exact) mass is 293 g/mol. The Morgan fingerprint density at radius 1 is 1.29 bits per heavy atom. The molecule has 118 valence electrons. The zero-order valence-corrected chi connectivity index (χ0v) is 13.3. The Hall–Kier alpha value is -1.39. The molecule has 0 saturated carbocycles. The van der Waals surface area contributed by atoms with E-state index in [1.807, 2.05) is 31.2 Å². The number of carboxylic acids is 1. The average molecular weight is 293 g/mol. The molecule has 4 heteroatoms. The van der Waals surface area contributed by atoms with Gasteiger partial charge in [-0.15, -0.1) is 0 Å². The Balaban J connectivity index is 2.75. The Labute approximate surface area is 127 Å². The minimum absolute atomic E-state index is 0.0684. The van der Waals surface area contributed by atoms with Crippen LogP contribution >= 0.6 is 0 Å². The second-order valence-corrected chi connectivity index (χ2v) is 6.00. The topological polar surface area (TPSA) is 72.5 Å². The van der Waals surface area contributed by atoms with E-state index in [1.165, 1.54) is 0 Å². The van der Waals surface area contributed by atoms with Gasteiger partial charge in [-0.25, -0.2) is 0 Å². The third kappa shape index (κ3) is 4.83. The van der Waals surface area contributed by atoms with Crippen LogP contribution in [0.3, 0.4) is 0 Å². The molecule has 0 radical (unpaired) electrons. The van der Waals surface area contributed by atoms with E-state index < -0.39 is 11.4 Å². The van der Waals surface area contributed by atoms with Crippen LogP contribution in [0.4, 0.5) is 0 Å². The van der Waals surface area contributed by atoms with Crippen molar-refractivity contribution in [1.29, 1.82) is 0 Å². The van der Waals surface area contributed by atoms with Crippen molar-refractivity contribution < 1.29 is 14.6 Å². The molecule has 0 saturated heterocycles. The van der Waals surface area contributed by atoms with Crippen molar-refractivity contribution in [3.05, 3.63) is 35.4 Å². The predicted molar refractivity (Wildman–Crippen MR) is 84.4 cm³/mol. The summed E-state index contributed by atoms with van der Waals surface area (Å²) in [6.45, 7) is 7.38. The molecule has 0 aliphatic rings. The maximum absolute atomic E-state index is 11.8. The van der Waals surface area contributed by atoms with Gasteiger partial charge in [0, 0.05) is 19.8 Å². The number of hydrogen-bond acceptors (Lipinski definition) is 3. The van der Waals surface area contributed by atoms with Crippen LogP contribution in [-0.2, 0) is 14.9 Å². The number of aryl methyl sites for hydroxylation is 1. The normalized spacial score (nSPS) is 14.1. The van der Waals surface area contributed by atoms with Gasteiger partial charge in [0.15, 0.2) is 0 Å². The number of rotatable bonds is 9. The molecule has 0 bridgehead atoms. The van der Waals surface area contributed by atoms with Gasteiger partial charge in [0.2, 0.25) is 0 Å². The molecule has 0 fully saturated rings. The fourth-order valence-corrected chi connectivity index (χ4v) is 2.22. The Kier molecular flexibility index (Phi) is 6.85. The summed E-state index contributed by atoms with van der Waals surface area (Å²) in [7, 11) is 0. The number of hydrogen-bond donors (Lipinski definition) is 2. The van der Waals surface area contributed by atoms with E-state index in [0.717, 1.165) is 17.5 Å².